The molecule has 82 valence electrons. The van der Waals surface area contributed by atoms with E-state index in [4.69, 9.17) is 10.5 Å². The van der Waals surface area contributed by atoms with E-state index in [-0.39, 0.29) is 5.56 Å². The summed E-state index contributed by atoms with van der Waals surface area (Å²) in [5.74, 6) is 1.06. The number of aromatic nitrogens is 2. The smallest absolute Gasteiger partial charge is 0.251 e. The average molecular weight is 217 g/mol. The van der Waals surface area contributed by atoms with Crippen molar-refractivity contribution in [1.29, 1.82) is 0 Å². The van der Waals surface area contributed by atoms with Gasteiger partial charge in [-0.3, -0.25) is 4.79 Å². The summed E-state index contributed by atoms with van der Waals surface area (Å²) < 4.78 is 5.18. The predicted molar refractivity (Wildman–Crippen MR) is 61.3 cm³/mol. The minimum Gasteiger partial charge on any atom is -0.496 e. The Kier molecular flexibility index (Phi) is 2.59. The van der Waals surface area contributed by atoms with Gasteiger partial charge < -0.3 is 15.5 Å². The van der Waals surface area contributed by atoms with Crippen LogP contribution in [-0.2, 0) is 0 Å². The van der Waals surface area contributed by atoms with Gasteiger partial charge in [0.15, 0.2) is 0 Å². The molecule has 0 aliphatic rings. The van der Waals surface area contributed by atoms with E-state index in [0.29, 0.717) is 22.8 Å². The Morgan fingerprint density at radius 1 is 1.38 bits per heavy atom. The van der Waals surface area contributed by atoms with Gasteiger partial charge in [-0.1, -0.05) is 0 Å². The van der Waals surface area contributed by atoms with Gasteiger partial charge in [-0.15, -0.1) is 0 Å². The predicted octanol–water partition coefficient (Wildman–Crippen LogP) is 1.03. The molecule has 0 radical (unpaired) electrons. The first kappa shape index (κ1) is 10.2. The second kappa shape index (κ2) is 4.06. The number of hydrogen-bond donors (Lipinski definition) is 2. The van der Waals surface area contributed by atoms with Crippen molar-refractivity contribution in [2.45, 2.75) is 0 Å². The molecule has 1 aromatic heterocycles. The SMILES string of the molecule is COc1ccc(N)cc1-c1nccc(=O)[nH]1. The lowest BCUT2D eigenvalue weighted by Gasteiger charge is -2.07. The molecule has 0 aliphatic carbocycles. The Labute approximate surface area is 91.9 Å². The molecule has 0 unspecified atom stereocenters. The number of anilines is 1. The Morgan fingerprint density at radius 3 is 2.88 bits per heavy atom. The summed E-state index contributed by atoms with van der Waals surface area (Å²) in [6.07, 6.45) is 1.44. The Hall–Kier alpha value is -2.30. The van der Waals surface area contributed by atoms with Gasteiger partial charge in [0.2, 0.25) is 0 Å². The molecule has 16 heavy (non-hydrogen) atoms. The zero-order chi connectivity index (χ0) is 11.5. The number of nitrogens with two attached hydrogens (primary N) is 1. The highest BCUT2D eigenvalue weighted by Crippen LogP contribution is 2.28. The first-order valence-electron chi connectivity index (χ1n) is 4.70. The van der Waals surface area contributed by atoms with Crippen molar-refractivity contribution in [3.63, 3.8) is 0 Å². The van der Waals surface area contributed by atoms with Gasteiger partial charge >= 0.3 is 0 Å². The number of aromatic amines is 1. The Balaban J connectivity index is 2.62. The molecular weight excluding hydrogens is 206 g/mol. The fraction of sp³-hybridized carbons (Fsp3) is 0.0909. The number of methoxy groups -OCH3 is 1. The standard InChI is InChI=1S/C11H11N3O2/c1-16-9-3-2-7(12)6-8(9)11-13-5-4-10(15)14-11/h2-6H,12H2,1H3,(H,13,14,15). The zero-order valence-corrected chi connectivity index (χ0v) is 8.73. The fourth-order valence-electron chi connectivity index (χ4n) is 1.42. The molecule has 5 nitrogen and oxygen atoms in total. The molecule has 0 saturated heterocycles. The molecular formula is C11H11N3O2. The van der Waals surface area contributed by atoms with Crippen LogP contribution in [0, 0.1) is 0 Å². The second-order valence-corrected chi connectivity index (χ2v) is 3.24. The van der Waals surface area contributed by atoms with Gasteiger partial charge in [0.1, 0.15) is 11.6 Å². The third-order valence-corrected chi connectivity index (χ3v) is 2.15. The first-order chi connectivity index (χ1) is 7.70. The van der Waals surface area contributed by atoms with E-state index in [9.17, 15) is 4.79 Å². The van der Waals surface area contributed by atoms with Crippen LogP contribution in [0.3, 0.4) is 0 Å². The molecule has 2 aromatic rings. The first-order valence-corrected chi connectivity index (χ1v) is 4.70. The molecule has 0 saturated carbocycles. The van der Waals surface area contributed by atoms with Crippen LogP contribution in [0.4, 0.5) is 5.69 Å². The zero-order valence-electron chi connectivity index (χ0n) is 8.73. The highest BCUT2D eigenvalue weighted by molar-refractivity contribution is 5.68. The van der Waals surface area contributed by atoms with Crippen LogP contribution in [0.1, 0.15) is 0 Å². The van der Waals surface area contributed by atoms with Gasteiger partial charge in [0.25, 0.3) is 5.56 Å². The molecule has 3 N–H and O–H groups in total. The maximum Gasteiger partial charge on any atom is 0.251 e. The van der Waals surface area contributed by atoms with Crippen LogP contribution in [0.15, 0.2) is 35.3 Å². The fourth-order valence-corrected chi connectivity index (χ4v) is 1.42. The van der Waals surface area contributed by atoms with E-state index >= 15 is 0 Å². The van der Waals surface area contributed by atoms with Gasteiger partial charge in [0, 0.05) is 18.0 Å². The second-order valence-electron chi connectivity index (χ2n) is 3.24. The molecule has 0 bridgehead atoms. The third-order valence-electron chi connectivity index (χ3n) is 2.15. The van der Waals surface area contributed by atoms with Gasteiger partial charge in [0.05, 0.1) is 12.7 Å². The summed E-state index contributed by atoms with van der Waals surface area (Å²) in [4.78, 5) is 17.9. The Bertz CT molecular complexity index is 563. The third kappa shape index (κ3) is 1.88. The van der Waals surface area contributed by atoms with E-state index in [0.717, 1.165) is 0 Å². The molecule has 1 aromatic carbocycles. The minimum absolute atomic E-state index is 0.213. The van der Waals surface area contributed by atoms with Crippen LogP contribution in [-0.4, -0.2) is 17.1 Å². The van der Waals surface area contributed by atoms with Crippen LogP contribution in [0.5, 0.6) is 5.75 Å². The van der Waals surface area contributed by atoms with E-state index in [1.54, 1.807) is 25.3 Å². The molecule has 0 fully saturated rings. The topological polar surface area (TPSA) is 81.0 Å². The summed E-state index contributed by atoms with van der Waals surface area (Å²) in [6.45, 7) is 0. The number of benzene rings is 1. The molecule has 0 spiro atoms. The monoisotopic (exact) mass is 217 g/mol. The summed E-state index contributed by atoms with van der Waals surface area (Å²) in [5, 5.41) is 0. The van der Waals surface area contributed by atoms with E-state index < -0.39 is 0 Å². The van der Waals surface area contributed by atoms with Gasteiger partial charge in [-0.2, -0.15) is 0 Å². The number of nitrogens with one attached hydrogen (secondary N) is 1. The highest BCUT2D eigenvalue weighted by Gasteiger charge is 2.07. The lowest BCUT2D eigenvalue weighted by Crippen LogP contribution is -2.06. The molecule has 5 heteroatoms. The quantitative estimate of drug-likeness (QED) is 0.736. The van der Waals surface area contributed by atoms with Crippen LogP contribution in [0.2, 0.25) is 0 Å². The van der Waals surface area contributed by atoms with Crippen LogP contribution in [0.25, 0.3) is 11.4 Å². The normalized spacial score (nSPS) is 10.1. The number of rotatable bonds is 2. The maximum atomic E-state index is 11.2. The van der Waals surface area contributed by atoms with Crippen molar-refractivity contribution in [3.05, 3.63) is 40.8 Å². The molecule has 0 atom stereocenters. The van der Waals surface area contributed by atoms with Crippen LogP contribution < -0.4 is 16.0 Å². The van der Waals surface area contributed by atoms with Crippen LogP contribution >= 0.6 is 0 Å². The molecule has 0 amide bonds. The number of H-pyrrole nitrogens is 1. The van der Waals surface area contributed by atoms with Crippen molar-refractivity contribution in [2.24, 2.45) is 0 Å². The van der Waals surface area contributed by atoms with E-state index in [1.165, 1.54) is 12.3 Å². The summed E-state index contributed by atoms with van der Waals surface area (Å²) in [7, 11) is 1.55. The van der Waals surface area contributed by atoms with Gasteiger partial charge in [-0.25, -0.2) is 4.98 Å². The summed E-state index contributed by atoms with van der Waals surface area (Å²) in [5.41, 5.74) is 6.72. The van der Waals surface area contributed by atoms with Crippen molar-refractivity contribution < 1.29 is 4.74 Å². The summed E-state index contributed by atoms with van der Waals surface area (Å²) in [6, 6.07) is 6.51. The molecule has 1 heterocycles. The van der Waals surface area contributed by atoms with Crippen molar-refractivity contribution in [1.82, 2.24) is 9.97 Å². The number of ether oxygens (including phenoxy) is 1. The lowest BCUT2D eigenvalue weighted by molar-refractivity contribution is 0.416. The van der Waals surface area contributed by atoms with Crippen molar-refractivity contribution in [3.8, 4) is 17.1 Å². The largest absolute Gasteiger partial charge is 0.496 e. The molecule has 0 aliphatic heterocycles. The molecule has 2 rings (SSSR count). The van der Waals surface area contributed by atoms with Crippen molar-refractivity contribution in [2.75, 3.05) is 12.8 Å². The highest BCUT2D eigenvalue weighted by atomic mass is 16.5. The maximum absolute atomic E-state index is 11.2. The lowest BCUT2D eigenvalue weighted by atomic mass is 10.1. The van der Waals surface area contributed by atoms with E-state index in [2.05, 4.69) is 9.97 Å². The number of nitrogen functional groups attached to an aromatic ring is 1. The number of hydrogen-bond acceptors (Lipinski definition) is 4. The average Bonchev–Trinajstić information content (AvgIpc) is 2.29. The Morgan fingerprint density at radius 2 is 2.19 bits per heavy atom. The van der Waals surface area contributed by atoms with Crippen molar-refractivity contribution >= 4 is 5.69 Å². The van der Waals surface area contributed by atoms with Gasteiger partial charge in [-0.05, 0) is 18.2 Å². The summed E-state index contributed by atoms with van der Waals surface area (Å²) >= 11 is 0. The number of nitrogens with zero attached hydrogens (tertiary/aromatic N) is 1. The van der Waals surface area contributed by atoms with E-state index in [1.807, 2.05) is 0 Å². The minimum atomic E-state index is -0.213.